The summed E-state index contributed by atoms with van der Waals surface area (Å²) in [4.78, 5) is 4.81. The first-order valence-electron chi connectivity index (χ1n) is 10.6. The number of benzene rings is 2. The van der Waals surface area contributed by atoms with E-state index in [1.54, 1.807) is 0 Å². The topological polar surface area (TPSA) is 71.4 Å². The second kappa shape index (κ2) is 8.73. The SMILES string of the molecule is Cc1onc(-c2ccccc2)c1-c1nnc(CN2CCCN(c3ccccc3)CC2)o1. The van der Waals surface area contributed by atoms with Crippen LogP contribution >= 0.6 is 0 Å². The lowest BCUT2D eigenvalue weighted by Gasteiger charge is -2.23. The van der Waals surface area contributed by atoms with Crippen LogP contribution in [0.2, 0.25) is 0 Å². The Bertz CT molecular complexity index is 1120. The molecule has 158 valence electrons. The summed E-state index contributed by atoms with van der Waals surface area (Å²) in [5.74, 6) is 1.73. The summed E-state index contributed by atoms with van der Waals surface area (Å²) in [5, 5.41) is 12.8. The minimum Gasteiger partial charge on any atom is -0.419 e. The van der Waals surface area contributed by atoms with Gasteiger partial charge in [-0.25, -0.2) is 0 Å². The minimum absolute atomic E-state index is 0.452. The highest BCUT2D eigenvalue weighted by Crippen LogP contribution is 2.33. The van der Waals surface area contributed by atoms with E-state index in [0.29, 0.717) is 24.1 Å². The summed E-state index contributed by atoms with van der Waals surface area (Å²) >= 11 is 0. The molecule has 0 N–H and O–H groups in total. The second-order valence-electron chi connectivity index (χ2n) is 7.78. The monoisotopic (exact) mass is 415 g/mol. The Hall–Kier alpha value is -3.45. The maximum Gasteiger partial charge on any atom is 0.253 e. The summed E-state index contributed by atoms with van der Waals surface area (Å²) in [6, 6.07) is 20.5. The first-order valence-corrected chi connectivity index (χ1v) is 10.6. The Kier molecular flexibility index (Phi) is 5.50. The zero-order chi connectivity index (χ0) is 21.0. The summed E-state index contributed by atoms with van der Waals surface area (Å²) in [7, 11) is 0. The summed E-state index contributed by atoms with van der Waals surface area (Å²) in [6.45, 7) is 6.49. The minimum atomic E-state index is 0.452. The van der Waals surface area contributed by atoms with Gasteiger partial charge < -0.3 is 13.8 Å². The Morgan fingerprint density at radius 1 is 0.871 bits per heavy atom. The fourth-order valence-electron chi connectivity index (χ4n) is 4.05. The quantitative estimate of drug-likeness (QED) is 0.478. The molecule has 2 aromatic carbocycles. The molecule has 1 saturated heterocycles. The van der Waals surface area contributed by atoms with Crippen LogP contribution in [0.4, 0.5) is 5.69 Å². The van der Waals surface area contributed by atoms with Crippen LogP contribution in [0.5, 0.6) is 0 Å². The molecule has 0 amide bonds. The Morgan fingerprint density at radius 2 is 1.65 bits per heavy atom. The van der Waals surface area contributed by atoms with Crippen molar-refractivity contribution in [3.63, 3.8) is 0 Å². The lowest BCUT2D eigenvalue weighted by molar-refractivity contribution is 0.256. The number of rotatable bonds is 5. The third-order valence-electron chi connectivity index (χ3n) is 5.66. The third-order valence-corrected chi connectivity index (χ3v) is 5.66. The Morgan fingerprint density at radius 3 is 2.45 bits per heavy atom. The first kappa shape index (κ1) is 19.5. The molecule has 3 heterocycles. The molecular formula is C24H25N5O2. The summed E-state index contributed by atoms with van der Waals surface area (Å²) in [6.07, 6.45) is 1.10. The van der Waals surface area contributed by atoms with Gasteiger partial charge in [0.1, 0.15) is 17.0 Å². The van der Waals surface area contributed by atoms with Crippen molar-refractivity contribution in [2.24, 2.45) is 0 Å². The fourth-order valence-corrected chi connectivity index (χ4v) is 4.05. The van der Waals surface area contributed by atoms with Crippen LogP contribution in [0.15, 0.2) is 69.6 Å². The van der Waals surface area contributed by atoms with Gasteiger partial charge in [-0.3, -0.25) is 4.90 Å². The van der Waals surface area contributed by atoms with Gasteiger partial charge in [0, 0.05) is 37.4 Å². The molecule has 1 fully saturated rings. The van der Waals surface area contributed by atoms with Crippen LogP contribution in [-0.4, -0.2) is 46.4 Å². The number of anilines is 1. The highest BCUT2D eigenvalue weighted by Gasteiger charge is 2.23. The highest BCUT2D eigenvalue weighted by atomic mass is 16.5. The molecule has 0 atom stereocenters. The van der Waals surface area contributed by atoms with E-state index in [1.807, 2.05) is 37.3 Å². The number of aromatic nitrogens is 3. The van der Waals surface area contributed by atoms with E-state index in [9.17, 15) is 0 Å². The van der Waals surface area contributed by atoms with Gasteiger partial charge in [-0.2, -0.15) is 0 Å². The zero-order valence-corrected chi connectivity index (χ0v) is 17.6. The van der Waals surface area contributed by atoms with Gasteiger partial charge in [-0.15, -0.1) is 10.2 Å². The molecule has 1 aliphatic heterocycles. The molecule has 31 heavy (non-hydrogen) atoms. The van der Waals surface area contributed by atoms with Crippen molar-refractivity contribution in [2.45, 2.75) is 19.9 Å². The molecule has 0 bridgehead atoms. The maximum absolute atomic E-state index is 6.05. The Balaban J connectivity index is 1.30. The molecule has 1 aliphatic rings. The lowest BCUT2D eigenvalue weighted by atomic mass is 10.1. The molecular weight excluding hydrogens is 390 g/mol. The Labute approximate surface area is 181 Å². The van der Waals surface area contributed by atoms with Crippen molar-refractivity contribution in [1.29, 1.82) is 0 Å². The fraction of sp³-hybridized carbons (Fsp3) is 0.292. The number of hydrogen-bond donors (Lipinski definition) is 0. The molecule has 0 aliphatic carbocycles. The molecule has 5 rings (SSSR count). The van der Waals surface area contributed by atoms with E-state index in [4.69, 9.17) is 8.94 Å². The number of hydrogen-bond acceptors (Lipinski definition) is 7. The second-order valence-corrected chi connectivity index (χ2v) is 7.78. The van der Waals surface area contributed by atoms with Crippen LogP contribution in [-0.2, 0) is 6.54 Å². The molecule has 4 aromatic rings. The van der Waals surface area contributed by atoms with Gasteiger partial charge >= 0.3 is 0 Å². The molecule has 0 spiro atoms. The third kappa shape index (κ3) is 4.22. The predicted octanol–water partition coefficient (Wildman–Crippen LogP) is 4.41. The number of para-hydroxylation sites is 1. The molecule has 2 aromatic heterocycles. The van der Waals surface area contributed by atoms with E-state index in [2.05, 4.69) is 55.5 Å². The largest absolute Gasteiger partial charge is 0.419 e. The summed E-state index contributed by atoms with van der Waals surface area (Å²) < 4.78 is 11.5. The van der Waals surface area contributed by atoms with Crippen molar-refractivity contribution in [3.8, 4) is 22.7 Å². The average molecular weight is 415 g/mol. The van der Waals surface area contributed by atoms with Crippen LogP contribution < -0.4 is 4.90 Å². The van der Waals surface area contributed by atoms with Crippen LogP contribution in [0.3, 0.4) is 0 Å². The van der Waals surface area contributed by atoms with Gasteiger partial charge in [0.15, 0.2) is 0 Å². The van der Waals surface area contributed by atoms with Gasteiger partial charge in [0.25, 0.3) is 5.89 Å². The van der Waals surface area contributed by atoms with Crippen LogP contribution in [0.25, 0.3) is 22.7 Å². The van der Waals surface area contributed by atoms with E-state index < -0.39 is 0 Å². The van der Waals surface area contributed by atoms with Crippen molar-refractivity contribution in [2.75, 3.05) is 31.1 Å². The van der Waals surface area contributed by atoms with Crippen LogP contribution in [0.1, 0.15) is 18.1 Å². The average Bonchev–Trinajstić information content (AvgIpc) is 3.35. The van der Waals surface area contributed by atoms with Gasteiger partial charge in [0.05, 0.1) is 6.54 Å². The smallest absolute Gasteiger partial charge is 0.253 e. The van der Waals surface area contributed by atoms with Crippen molar-refractivity contribution < 1.29 is 8.94 Å². The maximum atomic E-state index is 6.05. The molecule has 0 radical (unpaired) electrons. The highest BCUT2D eigenvalue weighted by molar-refractivity contribution is 5.77. The van der Waals surface area contributed by atoms with Crippen molar-refractivity contribution >= 4 is 5.69 Å². The predicted molar refractivity (Wildman–Crippen MR) is 119 cm³/mol. The molecule has 7 nitrogen and oxygen atoms in total. The zero-order valence-electron chi connectivity index (χ0n) is 17.6. The van der Waals surface area contributed by atoms with Gasteiger partial charge in [-0.05, 0) is 25.5 Å². The van der Waals surface area contributed by atoms with E-state index in [1.165, 1.54) is 5.69 Å². The van der Waals surface area contributed by atoms with E-state index >= 15 is 0 Å². The molecule has 7 heteroatoms. The van der Waals surface area contributed by atoms with Gasteiger partial charge in [-0.1, -0.05) is 53.7 Å². The molecule has 0 saturated carbocycles. The standard InChI is InChI=1S/C24H25N5O2/c1-18-22(23(27-31-18)19-9-4-2-5-10-19)24-26-25-21(30-24)17-28-13-8-14-29(16-15-28)20-11-6-3-7-12-20/h2-7,9-12H,8,13-17H2,1H3. The molecule has 0 unspecified atom stereocenters. The normalized spacial score (nSPS) is 15.2. The first-order chi connectivity index (χ1) is 15.3. The summed E-state index contributed by atoms with van der Waals surface area (Å²) in [5.41, 5.74) is 3.72. The van der Waals surface area contributed by atoms with E-state index in [0.717, 1.165) is 49.4 Å². The van der Waals surface area contributed by atoms with E-state index in [-0.39, 0.29) is 0 Å². The number of aryl methyl sites for hydroxylation is 1. The van der Waals surface area contributed by atoms with Crippen molar-refractivity contribution in [1.82, 2.24) is 20.3 Å². The van der Waals surface area contributed by atoms with Crippen molar-refractivity contribution in [3.05, 3.63) is 72.3 Å². The number of nitrogens with zero attached hydrogens (tertiary/aromatic N) is 5. The lowest BCUT2D eigenvalue weighted by Crippen LogP contribution is -2.30. The van der Waals surface area contributed by atoms with Crippen LogP contribution in [0, 0.1) is 6.92 Å². The van der Waals surface area contributed by atoms with Gasteiger partial charge in [0.2, 0.25) is 5.89 Å².